The van der Waals surface area contributed by atoms with Crippen LogP contribution in [0.15, 0.2) is 115 Å². The molecular formula is C38H25ClN2O6S. The molecule has 4 aromatic carbocycles. The number of amides is 3. The molecule has 236 valence electrons. The Bertz CT molecular complexity index is 2030. The largest absolute Gasteiger partial charge is 0.422 e. The summed E-state index contributed by atoms with van der Waals surface area (Å²) in [4.78, 5) is 69.8. The molecule has 0 spiro atoms. The van der Waals surface area contributed by atoms with E-state index in [0.29, 0.717) is 4.88 Å². The first kappa shape index (κ1) is 30.0. The molecule has 2 bridgehead atoms. The molecule has 4 aliphatic rings. The molecule has 10 heteroatoms. The third-order valence-corrected chi connectivity index (χ3v) is 10.6. The molecule has 1 saturated heterocycles. The van der Waals surface area contributed by atoms with Gasteiger partial charge in [-0.2, -0.15) is 5.01 Å². The second kappa shape index (κ2) is 11.7. The number of carbonyl (C=O) groups excluding carboxylic acids is 5. The number of rotatable bonds is 7. The van der Waals surface area contributed by atoms with Crippen molar-refractivity contribution in [3.8, 4) is 5.75 Å². The molecule has 0 radical (unpaired) electrons. The highest BCUT2D eigenvalue weighted by atomic mass is 35.5. The second-order valence-electron chi connectivity index (χ2n) is 11.9. The Morgan fingerprint density at radius 1 is 0.708 bits per heavy atom. The number of hydrogen-bond donors (Lipinski definition) is 0. The number of imide groups is 1. The maximum absolute atomic E-state index is 14.5. The van der Waals surface area contributed by atoms with Crippen molar-refractivity contribution >= 4 is 52.4 Å². The first-order valence-corrected chi connectivity index (χ1v) is 16.6. The van der Waals surface area contributed by atoms with Gasteiger partial charge in [0.25, 0.3) is 17.7 Å². The number of hydrazine groups is 1. The van der Waals surface area contributed by atoms with E-state index in [-0.39, 0.29) is 33.7 Å². The molecule has 0 saturated carbocycles. The zero-order valence-corrected chi connectivity index (χ0v) is 26.7. The highest BCUT2D eigenvalue weighted by molar-refractivity contribution is 7.12. The van der Waals surface area contributed by atoms with Crippen molar-refractivity contribution in [2.45, 2.75) is 11.8 Å². The topological polar surface area (TPSA) is 101 Å². The van der Waals surface area contributed by atoms with E-state index >= 15 is 0 Å². The normalized spacial score (nSPS) is 20.1. The first-order chi connectivity index (χ1) is 23.3. The van der Waals surface area contributed by atoms with Crippen molar-refractivity contribution < 1.29 is 28.7 Å². The van der Waals surface area contributed by atoms with Gasteiger partial charge in [-0.1, -0.05) is 78.3 Å². The fourth-order valence-corrected chi connectivity index (χ4v) is 8.21. The Kier molecular flexibility index (Phi) is 7.31. The van der Waals surface area contributed by atoms with Gasteiger partial charge in [0.15, 0.2) is 5.78 Å². The molecule has 1 fully saturated rings. The first-order valence-electron chi connectivity index (χ1n) is 15.3. The van der Waals surface area contributed by atoms with Crippen LogP contribution in [0.5, 0.6) is 5.75 Å². The minimum Gasteiger partial charge on any atom is -0.422 e. The van der Waals surface area contributed by atoms with E-state index in [2.05, 4.69) is 0 Å². The average molecular weight is 673 g/mol. The number of carbonyl (C=O) groups is 5. The predicted molar refractivity (Wildman–Crippen MR) is 178 cm³/mol. The molecule has 3 aliphatic carbocycles. The molecule has 2 heterocycles. The molecule has 9 rings (SSSR count). The Hall–Kier alpha value is -5.38. The van der Waals surface area contributed by atoms with Crippen LogP contribution in [-0.2, 0) is 9.59 Å². The quantitative estimate of drug-likeness (QED) is 0.0821. The summed E-state index contributed by atoms with van der Waals surface area (Å²) in [6, 6.07) is 31.3. The van der Waals surface area contributed by atoms with Gasteiger partial charge >= 0.3 is 5.97 Å². The van der Waals surface area contributed by atoms with E-state index in [1.54, 1.807) is 29.6 Å². The smallest absolute Gasteiger partial charge is 0.353 e. The number of thiophene rings is 1. The number of esters is 1. The number of benzene rings is 4. The summed E-state index contributed by atoms with van der Waals surface area (Å²) in [6.07, 6.45) is 0. The van der Waals surface area contributed by atoms with Crippen molar-refractivity contribution in [2.75, 3.05) is 6.54 Å². The Morgan fingerprint density at radius 2 is 1.25 bits per heavy atom. The number of ketones is 1. The Labute approximate surface area is 284 Å². The molecule has 3 amide bonds. The summed E-state index contributed by atoms with van der Waals surface area (Å²) in [5.74, 6) is -4.90. The zero-order valence-electron chi connectivity index (χ0n) is 25.1. The number of halogens is 1. The van der Waals surface area contributed by atoms with Gasteiger partial charge < -0.3 is 4.74 Å². The summed E-state index contributed by atoms with van der Waals surface area (Å²) in [5, 5.41) is 3.70. The molecule has 2 atom stereocenters. The fraction of sp³-hybridized carbons (Fsp3) is 0.132. The van der Waals surface area contributed by atoms with Gasteiger partial charge in [0, 0.05) is 17.4 Å². The average Bonchev–Trinajstić information content (AvgIpc) is 3.75. The van der Waals surface area contributed by atoms with Gasteiger partial charge in [0.05, 0.1) is 22.4 Å². The van der Waals surface area contributed by atoms with Crippen molar-refractivity contribution in [1.29, 1.82) is 0 Å². The maximum Gasteiger partial charge on any atom is 0.353 e. The lowest BCUT2D eigenvalue weighted by molar-refractivity contribution is -0.154. The zero-order chi connectivity index (χ0) is 33.1. The van der Waals surface area contributed by atoms with E-state index in [0.717, 1.165) is 32.3 Å². The summed E-state index contributed by atoms with van der Waals surface area (Å²) in [7, 11) is 0. The van der Waals surface area contributed by atoms with E-state index in [1.807, 2.05) is 48.5 Å². The van der Waals surface area contributed by atoms with Crippen molar-refractivity contribution in [1.82, 2.24) is 10.0 Å². The molecule has 0 N–H and O–H groups in total. The predicted octanol–water partition coefficient (Wildman–Crippen LogP) is 6.75. The van der Waals surface area contributed by atoms with Crippen LogP contribution in [0.1, 0.15) is 64.5 Å². The molecule has 8 nitrogen and oxygen atoms in total. The third-order valence-electron chi connectivity index (χ3n) is 9.41. The monoisotopic (exact) mass is 672 g/mol. The molecule has 0 unspecified atom stereocenters. The van der Waals surface area contributed by atoms with E-state index in [4.69, 9.17) is 16.3 Å². The van der Waals surface area contributed by atoms with Crippen LogP contribution < -0.4 is 4.74 Å². The summed E-state index contributed by atoms with van der Waals surface area (Å²) in [6.45, 7) is -0.607. The van der Waals surface area contributed by atoms with Gasteiger partial charge in [-0.3, -0.25) is 19.2 Å². The van der Waals surface area contributed by atoms with Gasteiger partial charge in [-0.15, -0.1) is 11.3 Å². The van der Waals surface area contributed by atoms with E-state index < -0.39 is 47.9 Å². The lowest BCUT2D eigenvalue weighted by Gasteiger charge is -2.45. The highest BCUT2D eigenvalue weighted by Gasteiger charge is 2.63. The number of ether oxygens (including phenoxy) is 1. The van der Waals surface area contributed by atoms with Gasteiger partial charge in [-0.25, -0.2) is 9.80 Å². The standard InChI is InChI=1S/C38H25ClN2O6S/c39-28-13-6-5-12-27(28)35(43)40(20-29(42)21-15-17-22(18-16-21)47-38(46)30-14-7-19-48-30)41-36(44)33-31-23-8-1-2-9-24(23)32(34(33)37(41)45)26-11-4-3-10-25(26)31/h1-19,31-34H,20H2/t31?,32?,33-,34-/m1/s1. The lowest BCUT2D eigenvalue weighted by atomic mass is 9.55. The Morgan fingerprint density at radius 3 is 1.77 bits per heavy atom. The number of nitrogens with zero attached hydrogens (tertiary/aromatic N) is 2. The van der Waals surface area contributed by atoms with E-state index in [9.17, 15) is 24.0 Å². The number of hydrogen-bond acceptors (Lipinski definition) is 7. The minimum absolute atomic E-state index is 0.0489. The van der Waals surface area contributed by atoms with E-state index in [1.165, 1.54) is 47.7 Å². The lowest BCUT2D eigenvalue weighted by Crippen LogP contribution is -2.52. The van der Waals surface area contributed by atoms with Crippen molar-refractivity contribution in [3.05, 3.63) is 158 Å². The van der Waals surface area contributed by atoms with Crippen LogP contribution in [-0.4, -0.2) is 46.0 Å². The third kappa shape index (κ3) is 4.69. The van der Waals surface area contributed by atoms with Crippen LogP contribution in [0, 0.1) is 11.8 Å². The van der Waals surface area contributed by atoms with Crippen LogP contribution in [0.25, 0.3) is 0 Å². The Balaban J connectivity index is 1.14. The van der Waals surface area contributed by atoms with Crippen LogP contribution in [0.4, 0.5) is 0 Å². The minimum atomic E-state index is -0.752. The fourth-order valence-electron chi connectivity index (χ4n) is 7.39. The van der Waals surface area contributed by atoms with Crippen LogP contribution in [0.3, 0.4) is 0 Å². The summed E-state index contributed by atoms with van der Waals surface area (Å²) < 4.78 is 5.41. The van der Waals surface area contributed by atoms with Crippen LogP contribution in [0.2, 0.25) is 5.02 Å². The molecule has 1 aliphatic heterocycles. The number of Topliss-reactive ketones (excluding diaryl/α,β-unsaturated/α-hetero) is 1. The molecule has 48 heavy (non-hydrogen) atoms. The summed E-state index contributed by atoms with van der Waals surface area (Å²) in [5.41, 5.74) is 4.21. The van der Waals surface area contributed by atoms with Gasteiger partial charge in [0.1, 0.15) is 17.2 Å². The maximum atomic E-state index is 14.5. The molecule has 1 aromatic heterocycles. The van der Waals surface area contributed by atoms with Gasteiger partial charge in [-0.05, 0) is 70.1 Å². The van der Waals surface area contributed by atoms with Gasteiger partial charge in [0.2, 0.25) is 0 Å². The SMILES string of the molecule is O=C(CN(C(=O)c1ccccc1Cl)N1C(=O)[C@@H]2C3c4ccccc4C(c4ccccc43)[C@H]2C1=O)c1ccc(OC(=O)c2cccs2)cc1. The molecule has 5 aromatic rings. The second-order valence-corrected chi connectivity index (χ2v) is 13.3. The van der Waals surface area contributed by atoms with Crippen molar-refractivity contribution in [3.63, 3.8) is 0 Å². The molecular weight excluding hydrogens is 648 g/mol. The van der Waals surface area contributed by atoms with Crippen molar-refractivity contribution in [2.24, 2.45) is 11.8 Å². The van der Waals surface area contributed by atoms with Crippen LogP contribution >= 0.6 is 22.9 Å². The summed E-state index contributed by atoms with van der Waals surface area (Å²) >= 11 is 7.68. The highest BCUT2D eigenvalue weighted by Crippen LogP contribution is 2.61.